The summed E-state index contributed by atoms with van der Waals surface area (Å²) >= 11 is 0. The Bertz CT molecular complexity index is 630. The molecule has 116 valence electrons. The molecule has 1 aliphatic heterocycles. The molecule has 2 N–H and O–H groups in total. The summed E-state index contributed by atoms with van der Waals surface area (Å²) < 4.78 is 0. The highest BCUT2D eigenvalue weighted by Crippen LogP contribution is 2.17. The molecule has 3 nitrogen and oxygen atoms in total. The van der Waals surface area contributed by atoms with Gasteiger partial charge in [-0.2, -0.15) is 0 Å². The second-order valence-corrected chi connectivity index (χ2v) is 5.55. The SMILES string of the molecule is CC(NC(=O)[C@@H]1Cc2ccccc2CN1)c1ccccc1.Cl. The number of nitrogens with one attached hydrogen (secondary N) is 2. The molecule has 0 radical (unpaired) electrons. The Morgan fingerprint density at radius 1 is 1.09 bits per heavy atom. The van der Waals surface area contributed by atoms with Gasteiger partial charge in [0.05, 0.1) is 12.1 Å². The molecule has 0 aliphatic carbocycles. The Morgan fingerprint density at radius 2 is 1.73 bits per heavy atom. The molecular formula is C18H21ClN2O. The molecule has 2 atom stereocenters. The summed E-state index contributed by atoms with van der Waals surface area (Å²) in [6, 6.07) is 18.2. The van der Waals surface area contributed by atoms with E-state index < -0.39 is 0 Å². The number of carbonyl (C=O) groups is 1. The molecule has 1 aliphatic rings. The highest BCUT2D eigenvalue weighted by molar-refractivity contribution is 5.85. The zero-order chi connectivity index (χ0) is 14.7. The molecule has 0 fully saturated rings. The summed E-state index contributed by atoms with van der Waals surface area (Å²) in [5.74, 6) is 0.0702. The topological polar surface area (TPSA) is 41.1 Å². The first-order valence-electron chi connectivity index (χ1n) is 7.39. The van der Waals surface area contributed by atoms with Crippen molar-refractivity contribution in [2.75, 3.05) is 0 Å². The van der Waals surface area contributed by atoms with E-state index in [2.05, 4.69) is 22.8 Å². The van der Waals surface area contributed by atoms with Crippen molar-refractivity contribution in [1.82, 2.24) is 10.6 Å². The van der Waals surface area contributed by atoms with E-state index in [4.69, 9.17) is 0 Å². The lowest BCUT2D eigenvalue weighted by atomic mass is 9.95. The fourth-order valence-corrected chi connectivity index (χ4v) is 2.78. The average Bonchev–Trinajstić information content (AvgIpc) is 2.55. The van der Waals surface area contributed by atoms with E-state index in [1.54, 1.807) is 0 Å². The molecule has 0 aromatic heterocycles. The number of rotatable bonds is 3. The van der Waals surface area contributed by atoms with E-state index in [0.29, 0.717) is 0 Å². The van der Waals surface area contributed by atoms with Gasteiger partial charge in [0.25, 0.3) is 0 Å². The average molecular weight is 317 g/mol. The largest absolute Gasteiger partial charge is 0.348 e. The Morgan fingerprint density at radius 3 is 2.45 bits per heavy atom. The molecule has 0 bridgehead atoms. The lowest BCUT2D eigenvalue weighted by Crippen LogP contribution is -2.48. The van der Waals surface area contributed by atoms with Crippen molar-refractivity contribution < 1.29 is 4.79 Å². The Kier molecular flexibility index (Phi) is 5.58. The smallest absolute Gasteiger partial charge is 0.237 e. The molecule has 2 aromatic rings. The van der Waals surface area contributed by atoms with Crippen LogP contribution in [0.3, 0.4) is 0 Å². The normalized spacial score (nSPS) is 17.8. The number of halogens is 1. The van der Waals surface area contributed by atoms with Crippen LogP contribution in [0.25, 0.3) is 0 Å². The van der Waals surface area contributed by atoms with Crippen molar-refractivity contribution in [2.24, 2.45) is 0 Å². The van der Waals surface area contributed by atoms with Crippen LogP contribution >= 0.6 is 12.4 Å². The summed E-state index contributed by atoms with van der Waals surface area (Å²) in [6.45, 7) is 2.78. The van der Waals surface area contributed by atoms with Gasteiger partial charge in [0, 0.05) is 6.54 Å². The molecule has 2 aromatic carbocycles. The fourth-order valence-electron chi connectivity index (χ4n) is 2.78. The van der Waals surface area contributed by atoms with Gasteiger partial charge in [-0.1, -0.05) is 54.6 Å². The van der Waals surface area contributed by atoms with Crippen LogP contribution in [0, 0.1) is 0 Å². The molecular weight excluding hydrogens is 296 g/mol. The van der Waals surface area contributed by atoms with Gasteiger partial charge in [-0.25, -0.2) is 0 Å². The van der Waals surface area contributed by atoms with Crippen LogP contribution in [-0.4, -0.2) is 11.9 Å². The van der Waals surface area contributed by atoms with E-state index in [9.17, 15) is 4.79 Å². The number of hydrogen-bond acceptors (Lipinski definition) is 2. The summed E-state index contributed by atoms with van der Waals surface area (Å²) in [6.07, 6.45) is 0.753. The first kappa shape index (κ1) is 16.5. The highest BCUT2D eigenvalue weighted by atomic mass is 35.5. The second-order valence-electron chi connectivity index (χ2n) is 5.55. The summed E-state index contributed by atoms with van der Waals surface area (Å²) in [4.78, 5) is 12.4. The van der Waals surface area contributed by atoms with Gasteiger partial charge in [0.15, 0.2) is 0 Å². The highest BCUT2D eigenvalue weighted by Gasteiger charge is 2.24. The lowest BCUT2D eigenvalue weighted by Gasteiger charge is -2.26. The van der Waals surface area contributed by atoms with Gasteiger partial charge in [-0.3, -0.25) is 4.79 Å². The summed E-state index contributed by atoms with van der Waals surface area (Å²) in [5, 5.41) is 6.42. The first-order valence-corrected chi connectivity index (χ1v) is 7.39. The van der Waals surface area contributed by atoms with E-state index in [0.717, 1.165) is 18.5 Å². The van der Waals surface area contributed by atoms with Crippen LogP contribution in [0.4, 0.5) is 0 Å². The Labute approximate surface area is 137 Å². The van der Waals surface area contributed by atoms with Crippen molar-refractivity contribution in [3.05, 3.63) is 71.3 Å². The van der Waals surface area contributed by atoms with Crippen LogP contribution < -0.4 is 10.6 Å². The van der Waals surface area contributed by atoms with E-state index in [1.807, 2.05) is 49.4 Å². The fraction of sp³-hybridized carbons (Fsp3) is 0.278. The van der Waals surface area contributed by atoms with Gasteiger partial charge >= 0.3 is 0 Å². The van der Waals surface area contributed by atoms with Gasteiger partial charge in [-0.15, -0.1) is 12.4 Å². The van der Waals surface area contributed by atoms with Crippen LogP contribution in [0.5, 0.6) is 0 Å². The molecule has 22 heavy (non-hydrogen) atoms. The van der Waals surface area contributed by atoms with Gasteiger partial charge in [0.2, 0.25) is 5.91 Å². The molecule has 0 saturated heterocycles. The summed E-state index contributed by atoms with van der Waals surface area (Å²) in [7, 11) is 0. The monoisotopic (exact) mass is 316 g/mol. The van der Waals surface area contributed by atoms with Crippen LogP contribution in [-0.2, 0) is 17.8 Å². The predicted molar refractivity (Wildman–Crippen MR) is 91.0 cm³/mol. The molecule has 1 unspecified atom stereocenters. The first-order chi connectivity index (χ1) is 10.2. The molecule has 0 spiro atoms. The molecule has 3 rings (SSSR count). The van der Waals surface area contributed by atoms with Gasteiger partial charge < -0.3 is 10.6 Å². The predicted octanol–water partition coefficient (Wildman–Crippen LogP) is 3.00. The molecule has 1 heterocycles. The minimum Gasteiger partial charge on any atom is -0.348 e. The van der Waals surface area contributed by atoms with Crippen LogP contribution in [0.1, 0.15) is 29.7 Å². The third kappa shape index (κ3) is 3.67. The summed E-state index contributed by atoms with van der Waals surface area (Å²) in [5.41, 5.74) is 3.68. The van der Waals surface area contributed by atoms with Gasteiger partial charge in [0.1, 0.15) is 0 Å². The van der Waals surface area contributed by atoms with Crippen molar-refractivity contribution in [3.63, 3.8) is 0 Å². The molecule has 1 amide bonds. The van der Waals surface area contributed by atoms with E-state index >= 15 is 0 Å². The maximum atomic E-state index is 12.4. The third-order valence-electron chi connectivity index (χ3n) is 4.06. The lowest BCUT2D eigenvalue weighted by molar-refractivity contribution is -0.124. The number of carbonyl (C=O) groups excluding carboxylic acids is 1. The number of fused-ring (bicyclic) bond motifs is 1. The van der Waals surface area contributed by atoms with E-state index in [-0.39, 0.29) is 30.4 Å². The van der Waals surface area contributed by atoms with Crippen molar-refractivity contribution in [3.8, 4) is 0 Å². The maximum Gasteiger partial charge on any atom is 0.237 e. The number of hydrogen-bond donors (Lipinski definition) is 2. The van der Waals surface area contributed by atoms with Crippen molar-refractivity contribution in [2.45, 2.75) is 32.0 Å². The Balaban J connectivity index is 0.00000176. The quantitative estimate of drug-likeness (QED) is 0.914. The van der Waals surface area contributed by atoms with Gasteiger partial charge in [-0.05, 0) is 30.0 Å². The number of amides is 1. The minimum absolute atomic E-state index is 0. The molecule has 0 saturated carbocycles. The zero-order valence-electron chi connectivity index (χ0n) is 12.6. The molecule has 4 heteroatoms. The van der Waals surface area contributed by atoms with E-state index in [1.165, 1.54) is 11.1 Å². The standard InChI is InChI=1S/C18H20N2O.ClH/c1-13(14-7-3-2-4-8-14)20-18(21)17-11-15-9-5-6-10-16(15)12-19-17;/h2-10,13,17,19H,11-12H2,1H3,(H,20,21);1H/t13?,17-;/m0./s1. The van der Waals surface area contributed by atoms with Crippen molar-refractivity contribution >= 4 is 18.3 Å². The van der Waals surface area contributed by atoms with Crippen LogP contribution in [0.15, 0.2) is 54.6 Å². The van der Waals surface area contributed by atoms with Crippen LogP contribution in [0.2, 0.25) is 0 Å². The second kappa shape index (κ2) is 7.43. The zero-order valence-corrected chi connectivity index (χ0v) is 13.4. The third-order valence-corrected chi connectivity index (χ3v) is 4.06. The maximum absolute atomic E-state index is 12.4. The number of benzene rings is 2. The van der Waals surface area contributed by atoms with Crippen molar-refractivity contribution in [1.29, 1.82) is 0 Å². The Hall–Kier alpha value is -1.84. The minimum atomic E-state index is -0.147.